The summed E-state index contributed by atoms with van der Waals surface area (Å²) in [6.45, 7) is 11.4. The summed E-state index contributed by atoms with van der Waals surface area (Å²) in [5.74, 6) is 0.338. The van der Waals surface area contributed by atoms with Gasteiger partial charge in [0.15, 0.2) is 0 Å². The van der Waals surface area contributed by atoms with Crippen LogP contribution in [0.2, 0.25) is 0 Å². The van der Waals surface area contributed by atoms with Gasteiger partial charge in [0.25, 0.3) is 0 Å². The summed E-state index contributed by atoms with van der Waals surface area (Å²) in [5, 5.41) is 3.18. The lowest BCUT2D eigenvalue weighted by Crippen LogP contribution is -2.29. The lowest BCUT2D eigenvalue weighted by atomic mass is 10.0. The highest BCUT2D eigenvalue weighted by Crippen LogP contribution is 2.68. The van der Waals surface area contributed by atoms with Crippen molar-refractivity contribution >= 4 is 17.5 Å². The molecule has 1 atom stereocenters. The van der Waals surface area contributed by atoms with Crippen LogP contribution in [0, 0.1) is 16.7 Å². The molecule has 1 rings (SSSR count). The van der Waals surface area contributed by atoms with E-state index in [4.69, 9.17) is 11.6 Å². The molecular formula is C13H24ClNO. The topological polar surface area (TPSA) is 29.1 Å². The first-order valence-electron chi connectivity index (χ1n) is 6.17. The molecule has 0 aromatic rings. The highest BCUT2D eigenvalue weighted by atomic mass is 35.5. The zero-order valence-corrected chi connectivity index (χ0v) is 11.8. The van der Waals surface area contributed by atoms with Crippen LogP contribution in [0.5, 0.6) is 0 Å². The fraction of sp³-hybridized carbons (Fsp3) is 0.923. The van der Waals surface area contributed by atoms with Gasteiger partial charge in [0.2, 0.25) is 5.91 Å². The average Bonchev–Trinajstić information content (AvgIpc) is 2.57. The molecule has 0 radical (unpaired) electrons. The minimum absolute atomic E-state index is 0.127. The first-order valence-corrected chi connectivity index (χ1v) is 6.60. The molecule has 1 fully saturated rings. The Morgan fingerprint density at radius 3 is 2.19 bits per heavy atom. The largest absolute Gasteiger partial charge is 0.356 e. The van der Waals surface area contributed by atoms with E-state index in [1.165, 1.54) is 0 Å². The van der Waals surface area contributed by atoms with Crippen molar-refractivity contribution in [1.29, 1.82) is 0 Å². The van der Waals surface area contributed by atoms with E-state index in [1.807, 2.05) is 0 Å². The molecule has 1 saturated carbocycles. The number of carbonyl (C=O) groups excluding carboxylic acids is 1. The highest BCUT2D eigenvalue weighted by molar-refractivity contribution is 6.20. The Morgan fingerprint density at radius 2 is 1.81 bits per heavy atom. The number of nitrogens with one attached hydrogen (secondary N) is 1. The van der Waals surface area contributed by atoms with Gasteiger partial charge in [-0.05, 0) is 23.7 Å². The highest BCUT2D eigenvalue weighted by Gasteiger charge is 2.68. The molecule has 0 aromatic carbocycles. The molecule has 16 heavy (non-hydrogen) atoms. The molecule has 0 saturated heterocycles. The Labute approximate surface area is 104 Å². The molecule has 1 amide bonds. The van der Waals surface area contributed by atoms with Crippen LogP contribution in [0.1, 0.15) is 47.5 Å². The predicted molar refractivity (Wildman–Crippen MR) is 68.6 cm³/mol. The summed E-state index contributed by atoms with van der Waals surface area (Å²) in [5.41, 5.74) is 0.254. The summed E-state index contributed by atoms with van der Waals surface area (Å²) in [4.78, 5) is 12.0. The van der Waals surface area contributed by atoms with Gasteiger partial charge in [-0.15, -0.1) is 11.6 Å². The van der Waals surface area contributed by atoms with Gasteiger partial charge in [0, 0.05) is 17.8 Å². The lowest BCUT2D eigenvalue weighted by Gasteiger charge is -2.08. The van der Waals surface area contributed by atoms with Crippen LogP contribution < -0.4 is 5.32 Å². The standard InChI is InChI=1S/C13H24ClNO/c1-6-9(14)7-8-15-11(16)10-12(2,3)13(10,4)5/h9-10H,6-8H2,1-5H3,(H,15,16). The fourth-order valence-electron chi connectivity index (χ4n) is 2.51. The normalized spacial score (nSPS) is 23.9. The number of amides is 1. The van der Waals surface area contributed by atoms with Gasteiger partial charge in [-0.25, -0.2) is 0 Å². The van der Waals surface area contributed by atoms with Crippen molar-refractivity contribution in [2.24, 2.45) is 16.7 Å². The first kappa shape index (κ1) is 13.8. The smallest absolute Gasteiger partial charge is 0.224 e. The molecule has 1 unspecified atom stereocenters. The molecular weight excluding hydrogens is 222 g/mol. The summed E-state index contributed by atoms with van der Waals surface area (Å²) in [6, 6.07) is 0. The molecule has 0 aliphatic heterocycles. The van der Waals surface area contributed by atoms with Crippen molar-refractivity contribution < 1.29 is 4.79 Å². The first-order chi connectivity index (χ1) is 7.25. The number of hydrogen-bond donors (Lipinski definition) is 1. The number of rotatable bonds is 5. The minimum Gasteiger partial charge on any atom is -0.356 e. The van der Waals surface area contributed by atoms with Crippen molar-refractivity contribution in [2.45, 2.75) is 52.8 Å². The van der Waals surface area contributed by atoms with E-state index in [9.17, 15) is 4.79 Å². The van der Waals surface area contributed by atoms with Gasteiger partial charge in [-0.1, -0.05) is 34.6 Å². The Kier molecular flexibility index (Phi) is 3.94. The quantitative estimate of drug-likeness (QED) is 0.741. The van der Waals surface area contributed by atoms with Gasteiger partial charge >= 0.3 is 0 Å². The van der Waals surface area contributed by atoms with E-state index in [2.05, 4.69) is 39.9 Å². The SMILES string of the molecule is CCC(Cl)CCNC(=O)C1C(C)(C)C1(C)C. The number of hydrogen-bond acceptors (Lipinski definition) is 1. The molecule has 2 nitrogen and oxygen atoms in total. The van der Waals surface area contributed by atoms with Gasteiger partial charge < -0.3 is 5.32 Å². The maximum atomic E-state index is 12.0. The van der Waals surface area contributed by atoms with Crippen LogP contribution in [-0.2, 0) is 4.79 Å². The number of carbonyl (C=O) groups is 1. The van der Waals surface area contributed by atoms with Gasteiger partial charge in [0.05, 0.1) is 0 Å². The second-order valence-corrected chi connectivity index (χ2v) is 6.58. The van der Waals surface area contributed by atoms with Gasteiger partial charge in [-0.2, -0.15) is 0 Å². The Hall–Kier alpha value is -0.240. The van der Waals surface area contributed by atoms with E-state index in [0.29, 0.717) is 6.54 Å². The minimum atomic E-state index is 0.127. The summed E-state index contributed by atoms with van der Waals surface area (Å²) >= 11 is 6.00. The van der Waals surface area contributed by atoms with E-state index in [0.717, 1.165) is 12.8 Å². The van der Waals surface area contributed by atoms with Gasteiger partial charge in [-0.3, -0.25) is 4.79 Å². The molecule has 3 heteroatoms. The lowest BCUT2D eigenvalue weighted by molar-refractivity contribution is -0.123. The molecule has 0 spiro atoms. The van der Waals surface area contributed by atoms with Crippen LogP contribution in [-0.4, -0.2) is 17.8 Å². The zero-order chi connectivity index (χ0) is 12.6. The maximum absolute atomic E-state index is 12.0. The summed E-state index contributed by atoms with van der Waals surface area (Å²) in [6.07, 6.45) is 1.81. The third kappa shape index (κ3) is 2.37. The van der Waals surface area contributed by atoms with E-state index in [-0.39, 0.29) is 28.0 Å². The van der Waals surface area contributed by atoms with E-state index >= 15 is 0 Å². The molecule has 0 heterocycles. The molecule has 1 aliphatic carbocycles. The molecule has 94 valence electrons. The van der Waals surface area contributed by atoms with Crippen LogP contribution >= 0.6 is 11.6 Å². The van der Waals surface area contributed by atoms with E-state index in [1.54, 1.807) is 0 Å². The van der Waals surface area contributed by atoms with Crippen molar-refractivity contribution in [1.82, 2.24) is 5.32 Å². The van der Waals surface area contributed by atoms with Gasteiger partial charge in [0.1, 0.15) is 0 Å². The zero-order valence-electron chi connectivity index (χ0n) is 11.1. The predicted octanol–water partition coefficient (Wildman–Crippen LogP) is 3.19. The van der Waals surface area contributed by atoms with Crippen LogP contribution in [0.15, 0.2) is 0 Å². The van der Waals surface area contributed by atoms with Crippen molar-refractivity contribution in [2.75, 3.05) is 6.54 Å². The molecule has 1 aliphatic rings. The second kappa shape index (κ2) is 4.56. The Balaban J connectivity index is 2.33. The summed E-state index contributed by atoms with van der Waals surface area (Å²) in [7, 11) is 0. The van der Waals surface area contributed by atoms with Crippen molar-refractivity contribution in [3.63, 3.8) is 0 Å². The third-order valence-electron chi connectivity index (χ3n) is 4.48. The van der Waals surface area contributed by atoms with Crippen LogP contribution in [0.25, 0.3) is 0 Å². The van der Waals surface area contributed by atoms with Crippen molar-refractivity contribution in [3.05, 3.63) is 0 Å². The number of halogens is 1. The van der Waals surface area contributed by atoms with Crippen molar-refractivity contribution in [3.8, 4) is 0 Å². The van der Waals surface area contributed by atoms with E-state index < -0.39 is 0 Å². The second-order valence-electron chi connectivity index (χ2n) is 5.96. The molecule has 0 bridgehead atoms. The maximum Gasteiger partial charge on any atom is 0.224 e. The van der Waals surface area contributed by atoms with Crippen LogP contribution in [0.3, 0.4) is 0 Å². The monoisotopic (exact) mass is 245 g/mol. The average molecular weight is 246 g/mol. The Bertz CT molecular complexity index is 259. The summed E-state index contributed by atoms with van der Waals surface area (Å²) < 4.78 is 0. The number of alkyl halides is 1. The Morgan fingerprint density at radius 1 is 1.31 bits per heavy atom. The third-order valence-corrected chi connectivity index (χ3v) is 5.01. The fourth-order valence-corrected chi connectivity index (χ4v) is 2.62. The van der Waals surface area contributed by atoms with Crippen LogP contribution in [0.4, 0.5) is 0 Å². The molecule has 0 aromatic heterocycles. The molecule has 1 N–H and O–H groups in total.